The maximum Gasteiger partial charge on any atom is 0.321 e. The Labute approximate surface area is 90.1 Å². The summed E-state index contributed by atoms with van der Waals surface area (Å²) in [5, 5.41) is 4.66. The minimum absolute atomic E-state index is 0.192. The van der Waals surface area contributed by atoms with E-state index in [9.17, 15) is 9.59 Å². The van der Waals surface area contributed by atoms with E-state index in [0.717, 1.165) is 24.8 Å². The molecule has 0 heterocycles. The zero-order valence-electron chi connectivity index (χ0n) is 9.30. The van der Waals surface area contributed by atoms with Gasteiger partial charge in [0.15, 0.2) is 0 Å². The molecule has 0 aromatic rings. The third kappa shape index (κ3) is 3.38. The summed E-state index contributed by atoms with van der Waals surface area (Å²) in [5.74, 6) is -0.412. The topological polar surface area (TPSA) is 58.2 Å². The highest BCUT2D eigenvalue weighted by molar-refractivity contribution is 5.96. The quantitative estimate of drug-likeness (QED) is 0.680. The first kappa shape index (κ1) is 11.8. The van der Waals surface area contributed by atoms with Gasteiger partial charge in [0.2, 0.25) is 5.91 Å². The number of hydrogen-bond donors (Lipinski definition) is 2. The Bertz CT molecular complexity index is 284. The molecule has 1 aliphatic carbocycles. The van der Waals surface area contributed by atoms with Crippen molar-refractivity contribution in [1.29, 1.82) is 0 Å². The number of nitrogens with one attached hydrogen (secondary N) is 2. The van der Waals surface area contributed by atoms with E-state index in [2.05, 4.69) is 16.7 Å². The molecule has 0 radical (unpaired) electrons. The van der Waals surface area contributed by atoms with Gasteiger partial charge < -0.3 is 5.32 Å². The third-order valence-corrected chi connectivity index (χ3v) is 2.74. The molecule has 0 aromatic heterocycles. The van der Waals surface area contributed by atoms with Gasteiger partial charge in [-0.15, -0.1) is 0 Å². The molecule has 0 aromatic carbocycles. The molecular weight excluding hydrogens is 192 g/mol. The number of carbonyl (C=O) groups excluding carboxylic acids is 2. The summed E-state index contributed by atoms with van der Waals surface area (Å²) in [7, 11) is 1.49. The molecule has 0 aliphatic heterocycles. The van der Waals surface area contributed by atoms with Crippen molar-refractivity contribution in [2.45, 2.75) is 32.6 Å². The highest BCUT2D eigenvalue weighted by Crippen LogP contribution is 2.23. The lowest BCUT2D eigenvalue weighted by Gasteiger charge is -2.18. The average Bonchev–Trinajstić information content (AvgIpc) is 2.29. The maximum absolute atomic E-state index is 11.6. The van der Waals surface area contributed by atoms with E-state index in [4.69, 9.17) is 0 Å². The van der Waals surface area contributed by atoms with Crippen molar-refractivity contribution in [3.63, 3.8) is 0 Å². The van der Waals surface area contributed by atoms with Gasteiger partial charge in [-0.3, -0.25) is 10.1 Å². The molecule has 2 N–H and O–H groups in total. The van der Waals surface area contributed by atoms with Crippen LogP contribution in [0.3, 0.4) is 0 Å². The van der Waals surface area contributed by atoms with Crippen molar-refractivity contribution in [3.05, 3.63) is 11.6 Å². The summed E-state index contributed by atoms with van der Waals surface area (Å²) in [6, 6.07) is -0.441. The molecule has 0 bridgehead atoms. The fraction of sp³-hybridized carbons (Fsp3) is 0.636. The van der Waals surface area contributed by atoms with Crippen LogP contribution < -0.4 is 10.6 Å². The van der Waals surface area contributed by atoms with Crippen LogP contribution in [0.4, 0.5) is 4.79 Å². The van der Waals surface area contributed by atoms with E-state index in [1.54, 1.807) is 0 Å². The lowest BCUT2D eigenvalue weighted by atomic mass is 9.90. The highest BCUT2D eigenvalue weighted by atomic mass is 16.2. The molecule has 4 nitrogen and oxygen atoms in total. The van der Waals surface area contributed by atoms with Gasteiger partial charge in [0.25, 0.3) is 0 Å². The Balaban J connectivity index is 2.51. The number of imide groups is 1. The van der Waals surface area contributed by atoms with Crippen LogP contribution in [0.2, 0.25) is 0 Å². The minimum Gasteiger partial charge on any atom is -0.341 e. The molecular formula is C11H18N2O2. The van der Waals surface area contributed by atoms with Gasteiger partial charge in [0.1, 0.15) is 0 Å². The van der Waals surface area contributed by atoms with Crippen molar-refractivity contribution in [3.8, 4) is 0 Å². The minimum atomic E-state index is -0.441. The van der Waals surface area contributed by atoms with Gasteiger partial charge in [0, 0.05) is 7.05 Å². The molecule has 84 valence electrons. The van der Waals surface area contributed by atoms with Crippen molar-refractivity contribution >= 4 is 11.9 Å². The fourth-order valence-corrected chi connectivity index (χ4v) is 1.71. The van der Waals surface area contributed by atoms with Gasteiger partial charge >= 0.3 is 6.03 Å². The van der Waals surface area contributed by atoms with E-state index in [0.29, 0.717) is 0 Å². The predicted molar refractivity (Wildman–Crippen MR) is 58.3 cm³/mol. The van der Waals surface area contributed by atoms with Gasteiger partial charge in [-0.2, -0.15) is 0 Å². The van der Waals surface area contributed by atoms with Crippen molar-refractivity contribution in [2.75, 3.05) is 7.05 Å². The van der Waals surface area contributed by atoms with Crippen LogP contribution >= 0.6 is 0 Å². The molecule has 0 saturated heterocycles. The van der Waals surface area contributed by atoms with Crippen LogP contribution in [0.25, 0.3) is 0 Å². The van der Waals surface area contributed by atoms with Crippen molar-refractivity contribution in [2.24, 2.45) is 5.92 Å². The Kier molecular flexibility index (Phi) is 4.34. The molecule has 0 fully saturated rings. The molecule has 4 heteroatoms. The lowest BCUT2D eigenvalue weighted by molar-refractivity contribution is -0.122. The van der Waals surface area contributed by atoms with Gasteiger partial charge in [0.05, 0.1) is 5.92 Å². The van der Waals surface area contributed by atoms with Gasteiger partial charge in [-0.05, 0) is 32.6 Å². The van der Waals surface area contributed by atoms with E-state index in [-0.39, 0.29) is 11.8 Å². The van der Waals surface area contributed by atoms with E-state index >= 15 is 0 Å². The summed E-state index contributed by atoms with van der Waals surface area (Å²) in [5.41, 5.74) is 1.16. The number of carbonyl (C=O) groups is 2. The number of amides is 3. The Morgan fingerprint density at radius 1 is 1.40 bits per heavy atom. The summed E-state index contributed by atoms with van der Waals surface area (Å²) < 4.78 is 0. The second kappa shape index (κ2) is 5.53. The maximum atomic E-state index is 11.6. The van der Waals surface area contributed by atoms with E-state index in [1.807, 2.05) is 6.92 Å². The summed E-state index contributed by atoms with van der Waals surface area (Å²) >= 11 is 0. The van der Waals surface area contributed by atoms with E-state index < -0.39 is 6.03 Å². The fourth-order valence-electron chi connectivity index (χ4n) is 1.71. The zero-order valence-corrected chi connectivity index (χ0v) is 9.30. The largest absolute Gasteiger partial charge is 0.341 e. The monoisotopic (exact) mass is 210 g/mol. The van der Waals surface area contributed by atoms with Crippen LogP contribution in [-0.2, 0) is 4.79 Å². The molecule has 1 atom stereocenters. The standard InChI is InChI=1S/C11H18N2O2/c1-8(9-6-4-3-5-7-9)10(14)13-11(15)12-2/h6,8H,3-5,7H2,1-2H3,(H2,12,13,14,15). The smallest absolute Gasteiger partial charge is 0.321 e. The number of rotatable bonds is 2. The van der Waals surface area contributed by atoms with Crippen molar-refractivity contribution < 1.29 is 9.59 Å². The summed E-state index contributed by atoms with van der Waals surface area (Å²) in [6.07, 6.45) is 6.49. The lowest BCUT2D eigenvalue weighted by Crippen LogP contribution is -2.40. The molecule has 1 rings (SSSR count). The number of urea groups is 1. The molecule has 15 heavy (non-hydrogen) atoms. The number of allylic oxidation sites excluding steroid dienone is 1. The first-order chi connectivity index (χ1) is 7.15. The van der Waals surface area contributed by atoms with Crippen LogP contribution in [0, 0.1) is 5.92 Å². The average molecular weight is 210 g/mol. The Morgan fingerprint density at radius 2 is 2.13 bits per heavy atom. The molecule has 3 amide bonds. The first-order valence-electron chi connectivity index (χ1n) is 5.36. The zero-order chi connectivity index (χ0) is 11.3. The van der Waals surface area contributed by atoms with Gasteiger partial charge in [-0.25, -0.2) is 4.79 Å². The highest BCUT2D eigenvalue weighted by Gasteiger charge is 2.20. The van der Waals surface area contributed by atoms with Gasteiger partial charge in [-0.1, -0.05) is 11.6 Å². The summed E-state index contributed by atoms with van der Waals surface area (Å²) in [6.45, 7) is 1.84. The SMILES string of the molecule is CNC(=O)NC(=O)C(C)C1=CCCCC1. The number of hydrogen-bond acceptors (Lipinski definition) is 2. The van der Waals surface area contributed by atoms with Crippen LogP contribution in [0.1, 0.15) is 32.6 Å². The predicted octanol–water partition coefficient (Wildman–Crippen LogP) is 1.58. The third-order valence-electron chi connectivity index (χ3n) is 2.74. The summed E-state index contributed by atoms with van der Waals surface area (Å²) in [4.78, 5) is 22.5. The second-order valence-corrected chi connectivity index (χ2v) is 3.81. The normalized spacial score (nSPS) is 17.6. The van der Waals surface area contributed by atoms with Crippen molar-refractivity contribution in [1.82, 2.24) is 10.6 Å². The second-order valence-electron chi connectivity index (χ2n) is 3.81. The first-order valence-corrected chi connectivity index (χ1v) is 5.36. The molecule has 1 aliphatic rings. The van der Waals surface area contributed by atoms with Crippen LogP contribution in [0.15, 0.2) is 11.6 Å². The molecule has 0 spiro atoms. The van der Waals surface area contributed by atoms with Crippen LogP contribution in [-0.4, -0.2) is 19.0 Å². The molecule has 0 saturated carbocycles. The Morgan fingerprint density at radius 3 is 2.67 bits per heavy atom. The molecule has 1 unspecified atom stereocenters. The van der Waals surface area contributed by atoms with E-state index in [1.165, 1.54) is 13.5 Å². The van der Waals surface area contributed by atoms with Crippen LogP contribution in [0.5, 0.6) is 0 Å². The Hall–Kier alpha value is -1.32.